The molecule has 1 amide bonds. The van der Waals surface area contributed by atoms with Gasteiger partial charge in [-0.05, 0) is 17.7 Å². The molecule has 0 atom stereocenters. The molecule has 1 aromatic heterocycles. The van der Waals surface area contributed by atoms with Crippen LogP contribution in [0.15, 0.2) is 22.7 Å². The van der Waals surface area contributed by atoms with Gasteiger partial charge in [-0.2, -0.15) is 0 Å². The monoisotopic (exact) mass is 233 g/mol. The van der Waals surface area contributed by atoms with E-state index in [9.17, 15) is 9.18 Å². The third kappa shape index (κ3) is 1.54. The second kappa shape index (κ2) is 3.31. The van der Waals surface area contributed by atoms with Crippen LogP contribution in [0.5, 0.6) is 0 Å². The quantitative estimate of drug-likeness (QED) is 0.783. The van der Waals surface area contributed by atoms with Crippen LogP contribution in [0.2, 0.25) is 0 Å². The minimum absolute atomic E-state index is 0.170. The molecular weight excluding hydrogens is 225 g/mol. The summed E-state index contributed by atoms with van der Waals surface area (Å²) >= 11 is 0. The number of nitrogens with zero attached hydrogens (tertiary/aromatic N) is 1. The van der Waals surface area contributed by atoms with Crippen molar-refractivity contribution in [3.05, 3.63) is 29.6 Å². The molecule has 3 rings (SSSR count). The molecule has 0 fully saturated rings. The molecule has 0 bridgehead atoms. The number of rotatable bonds is 1. The Kier molecular flexibility index (Phi) is 1.91. The Morgan fingerprint density at radius 2 is 2.24 bits per heavy atom. The van der Waals surface area contributed by atoms with Crippen LogP contribution in [0.1, 0.15) is 5.56 Å². The van der Waals surface area contributed by atoms with Crippen LogP contribution in [-0.4, -0.2) is 11.1 Å². The van der Waals surface area contributed by atoms with Gasteiger partial charge in [0.2, 0.25) is 5.91 Å². The lowest BCUT2D eigenvalue weighted by Crippen LogP contribution is -2.04. The third-order valence-corrected chi connectivity index (χ3v) is 2.60. The van der Waals surface area contributed by atoms with Gasteiger partial charge >= 0.3 is 0 Å². The molecule has 2 aromatic rings. The predicted molar refractivity (Wildman–Crippen MR) is 58.6 cm³/mol. The van der Waals surface area contributed by atoms with Crippen LogP contribution in [0.3, 0.4) is 0 Å². The van der Waals surface area contributed by atoms with E-state index in [2.05, 4.69) is 10.5 Å². The molecule has 0 radical (unpaired) electrons. The smallest absolute Gasteiger partial charge is 0.228 e. The second-order valence-electron chi connectivity index (χ2n) is 3.83. The van der Waals surface area contributed by atoms with Crippen LogP contribution >= 0.6 is 0 Å². The number of fused-ring (bicyclic) bond motifs is 1. The van der Waals surface area contributed by atoms with E-state index in [1.807, 2.05) is 0 Å². The van der Waals surface area contributed by atoms with Crippen molar-refractivity contribution in [3.8, 4) is 11.3 Å². The fourth-order valence-corrected chi connectivity index (χ4v) is 1.87. The Hall–Kier alpha value is -2.37. The van der Waals surface area contributed by atoms with E-state index in [1.165, 1.54) is 12.1 Å². The number of nitrogens with two attached hydrogens (primary N) is 1. The van der Waals surface area contributed by atoms with Gasteiger partial charge in [0.1, 0.15) is 5.82 Å². The van der Waals surface area contributed by atoms with Gasteiger partial charge in [0.25, 0.3) is 0 Å². The van der Waals surface area contributed by atoms with Gasteiger partial charge < -0.3 is 15.6 Å². The molecule has 5 nitrogen and oxygen atoms in total. The molecule has 1 aliphatic heterocycles. The number of nitrogens with one attached hydrogen (secondary N) is 1. The Morgan fingerprint density at radius 3 is 2.94 bits per heavy atom. The first-order valence-electron chi connectivity index (χ1n) is 4.98. The van der Waals surface area contributed by atoms with Crippen molar-refractivity contribution in [2.24, 2.45) is 0 Å². The van der Waals surface area contributed by atoms with Gasteiger partial charge in [0.15, 0.2) is 11.6 Å². The molecule has 0 saturated heterocycles. The largest absolute Gasteiger partial charge is 0.381 e. The summed E-state index contributed by atoms with van der Waals surface area (Å²) in [6, 6.07) is 4.48. The zero-order valence-corrected chi connectivity index (χ0v) is 8.66. The highest BCUT2D eigenvalue weighted by Crippen LogP contribution is 2.32. The molecule has 17 heavy (non-hydrogen) atoms. The van der Waals surface area contributed by atoms with Gasteiger partial charge in [0.05, 0.1) is 12.1 Å². The SMILES string of the molecule is Nc1cc(-c2cc(F)c3c(c2)CC(=O)N3)on1. The Bertz CT molecular complexity index is 621. The average Bonchev–Trinajstić information content (AvgIpc) is 2.83. The molecule has 0 spiro atoms. The van der Waals surface area contributed by atoms with Crippen LogP contribution in [0.4, 0.5) is 15.9 Å². The highest BCUT2D eigenvalue weighted by molar-refractivity contribution is 5.99. The first-order chi connectivity index (χ1) is 8.13. The normalized spacial score (nSPS) is 13.6. The highest BCUT2D eigenvalue weighted by Gasteiger charge is 2.23. The molecule has 2 heterocycles. The first kappa shape index (κ1) is 9.83. The molecular formula is C11H8FN3O2. The van der Waals surface area contributed by atoms with E-state index in [0.29, 0.717) is 16.9 Å². The van der Waals surface area contributed by atoms with Crippen molar-refractivity contribution in [2.45, 2.75) is 6.42 Å². The maximum absolute atomic E-state index is 13.7. The van der Waals surface area contributed by atoms with Gasteiger partial charge in [-0.1, -0.05) is 5.16 Å². The van der Waals surface area contributed by atoms with E-state index in [1.54, 1.807) is 6.07 Å². The van der Waals surface area contributed by atoms with E-state index in [4.69, 9.17) is 10.3 Å². The summed E-state index contributed by atoms with van der Waals surface area (Å²) < 4.78 is 18.7. The lowest BCUT2D eigenvalue weighted by Gasteiger charge is -2.02. The van der Waals surface area contributed by atoms with Crippen molar-refractivity contribution in [3.63, 3.8) is 0 Å². The summed E-state index contributed by atoms with van der Waals surface area (Å²) in [5.74, 6) is -0.0925. The summed E-state index contributed by atoms with van der Waals surface area (Å²) in [4.78, 5) is 11.2. The predicted octanol–water partition coefficient (Wildman–Crippen LogP) is 1.56. The lowest BCUT2D eigenvalue weighted by molar-refractivity contribution is -0.115. The average molecular weight is 233 g/mol. The Balaban J connectivity index is 2.12. The zero-order valence-electron chi connectivity index (χ0n) is 8.66. The maximum Gasteiger partial charge on any atom is 0.228 e. The van der Waals surface area contributed by atoms with Gasteiger partial charge in [-0.15, -0.1) is 0 Å². The highest BCUT2D eigenvalue weighted by atomic mass is 19.1. The number of anilines is 2. The van der Waals surface area contributed by atoms with Crippen molar-refractivity contribution < 1.29 is 13.7 Å². The number of amides is 1. The molecule has 6 heteroatoms. The van der Waals surface area contributed by atoms with E-state index in [0.717, 1.165) is 0 Å². The minimum Gasteiger partial charge on any atom is -0.381 e. The van der Waals surface area contributed by atoms with Crippen molar-refractivity contribution in [1.82, 2.24) is 5.16 Å². The molecule has 3 N–H and O–H groups in total. The minimum atomic E-state index is -0.488. The van der Waals surface area contributed by atoms with Crippen LogP contribution in [-0.2, 0) is 11.2 Å². The lowest BCUT2D eigenvalue weighted by atomic mass is 10.1. The fourth-order valence-electron chi connectivity index (χ4n) is 1.87. The summed E-state index contributed by atoms with van der Waals surface area (Å²) in [6.45, 7) is 0. The maximum atomic E-state index is 13.7. The third-order valence-electron chi connectivity index (χ3n) is 2.60. The molecule has 86 valence electrons. The molecule has 1 aromatic carbocycles. The second-order valence-corrected chi connectivity index (χ2v) is 3.83. The Morgan fingerprint density at radius 1 is 1.41 bits per heavy atom. The number of hydrogen-bond donors (Lipinski definition) is 2. The number of carbonyl (C=O) groups excluding carboxylic acids is 1. The van der Waals surface area contributed by atoms with Gasteiger partial charge in [-0.3, -0.25) is 4.79 Å². The molecule has 1 aliphatic rings. The topological polar surface area (TPSA) is 81.2 Å². The number of nitrogen functional groups attached to an aromatic ring is 1. The number of aromatic nitrogens is 1. The summed E-state index contributed by atoms with van der Waals surface area (Å²) in [5, 5.41) is 5.99. The molecule has 0 unspecified atom stereocenters. The number of carbonyl (C=O) groups is 1. The van der Waals surface area contributed by atoms with Crippen molar-refractivity contribution in [1.29, 1.82) is 0 Å². The molecule has 0 aliphatic carbocycles. The van der Waals surface area contributed by atoms with Crippen LogP contribution in [0, 0.1) is 5.82 Å². The first-order valence-corrected chi connectivity index (χ1v) is 4.98. The summed E-state index contributed by atoms with van der Waals surface area (Å²) in [5.41, 5.74) is 6.79. The number of halogens is 1. The van der Waals surface area contributed by atoms with Crippen LogP contribution in [0.25, 0.3) is 11.3 Å². The molecule has 0 saturated carbocycles. The van der Waals surface area contributed by atoms with E-state index >= 15 is 0 Å². The van der Waals surface area contributed by atoms with Crippen LogP contribution < -0.4 is 11.1 Å². The summed E-state index contributed by atoms with van der Waals surface area (Å²) in [7, 11) is 0. The van der Waals surface area contributed by atoms with Crippen molar-refractivity contribution >= 4 is 17.4 Å². The standard InChI is InChI=1S/C11H8FN3O2/c12-7-2-5(8-4-9(13)15-17-8)1-6-3-10(16)14-11(6)7/h1-2,4H,3H2,(H2,13,15)(H,14,16). The Labute approximate surface area is 95.4 Å². The zero-order chi connectivity index (χ0) is 12.0. The summed E-state index contributed by atoms with van der Waals surface area (Å²) in [6.07, 6.45) is 0.170. The number of hydrogen-bond acceptors (Lipinski definition) is 4. The van der Waals surface area contributed by atoms with E-state index < -0.39 is 5.82 Å². The van der Waals surface area contributed by atoms with Gasteiger partial charge in [0, 0.05) is 11.6 Å². The number of benzene rings is 1. The fraction of sp³-hybridized carbons (Fsp3) is 0.0909. The van der Waals surface area contributed by atoms with Crippen molar-refractivity contribution in [2.75, 3.05) is 11.1 Å². The van der Waals surface area contributed by atoms with Gasteiger partial charge in [-0.25, -0.2) is 4.39 Å². The van der Waals surface area contributed by atoms with E-state index in [-0.39, 0.29) is 23.8 Å².